The molecule has 0 bridgehead atoms. The van der Waals surface area contributed by atoms with E-state index in [9.17, 15) is 9.59 Å². The van der Waals surface area contributed by atoms with Crippen molar-refractivity contribution in [2.45, 2.75) is 12.8 Å². The zero-order valence-electron chi connectivity index (χ0n) is 11.0. The average molecular weight is 293 g/mol. The van der Waals surface area contributed by atoms with Gasteiger partial charge in [0.1, 0.15) is 4.70 Å². The number of thiazole rings is 1. The monoisotopic (exact) mass is 293 g/mol. The van der Waals surface area contributed by atoms with Crippen LogP contribution in [0.5, 0.6) is 0 Å². The summed E-state index contributed by atoms with van der Waals surface area (Å²) >= 11 is 1.33. The van der Waals surface area contributed by atoms with E-state index in [0.29, 0.717) is 16.9 Å². The Balaban J connectivity index is 1.89. The van der Waals surface area contributed by atoms with Crippen molar-refractivity contribution in [3.8, 4) is 0 Å². The Morgan fingerprint density at radius 2 is 2.45 bits per heavy atom. The number of H-pyrrole nitrogens is 1. The first-order valence-corrected chi connectivity index (χ1v) is 7.31. The number of nitrogens with one attached hydrogen (secondary N) is 2. The Hall–Kier alpha value is -1.96. The highest BCUT2D eigenvalue weighted by atomic mass is 32.1. The molecule has 106 valence electrons. The first-order valence-electron chi connectivity index (χ1n) is 6.50. The molecule has 0 saturated carbocycles. The Kier molecular flexibility index (Phi) is 3.39. The first-order chi connectivity index (χ1) is 9.69. The van der Waals surface area contributed by atoms with E-state index in [-0.39, 0.29) is 17.4 Å². The Labute approximate surface area is 119 Å². The number of hydrogen-bond donors (Lipinski definition) is 2. The molecule has 2 aromatic heterocycles. The molecule has 3 rings (SSSR count). The lowest BCUT2D eigenvalue weighted by Gasteiger charge is -2.31. The van der Waals surface area contributed by atoms with Crippen molar-refractivity contribution in [3.63, 3.8) is 0 Å². The lowest BCUT2D eigenvalue weighted by Crippen LogP contribution is -2.42. The third-order valence-corrected chi connectivity index (χ3v) is 4.60. The molecule has 1 aliphatic heterocycles. The summed E-state index contributed by atoms with van der Waals surface area (Å²) in [6.45, 7) is 1.49. The fourth-order valence-electron chi connectivity index (χ4n) is 2.46. The van der Waals surface area contributed by atoms with Gasteiger partial charge < -0.3 is 15.2 Å². The van der Waals surface area contributed by atoms with E-state index < -0.39 is 0 Å². The van der Waals surface area contributed by atoms with Gasteiger partial charge in [-0.25, -0.2) is 4.98 Å². The smallest absolute Gasteiger partial charge is 0.270 e. The number of aromatic nitrogens is 3. The van der Waals surface area contributed by atoms with Gasteiger partial charge in [-0.1, -0.05) is 11.3 Å². The number of anilines is 1. The van der Waals surface area contributed by atoms with Crippen LogP contribution >= 0.6 is 11.3 Å². The third kappa shape index (κ3) is 2.26. The molecule has 8 heteroatoms. The van der Waals surface area contributed by atoms with Crippen molar-refractivity contribution < 1.29 is 4.79 Å². The maximum absolute atomic E-state index is 11.7. The molecular weight excluding hydrogens is 278 g/mol. The van der Waals surface area contributed by atoms with E-state index in [1.165, 1.54) is 17.7 Å². The van der Waals surface area contributed by atoms with E-state index in [4.69, 9.17) is 0 Å². The zero-order valence-corrected chi connectivity index (χ0v) is 11.9. The fraction of sp³-hybridized carbons (Fsp3) is 0.500. The quantitative estimate of drug-likeness (QED) is 0.833. The summed E-state index contributed by atoms with van der Waals surface area (Å²) in [4.78, 5) is 36.5. The largest absolute Gasteiger partial charge is 0.359 e. The molecule has 2 aromatic rings. The van der Waals surface area contributed by atoms with Gasteiger partial charge in [-0.05, 0) is 12.8 Å². The van der Waals surface area contributed by atoms with Crippen LogP contribution in [0.1, 0.15) is 12.8 Å². The minimum atomic E-state index is -0.168. The van der Waals surface area contributed by atoms with E-state index in [0.717, 1.165) is 24.5 Å². The summed E-state index contributed by atoms with van der Waals surface area (Å²) < 4.78 is 0.532. The van der Waals surface area contributed by atoms with E-state index in [1.807, 2.05) is 0 Å². The molecule has 1 aliphatic rings. The van der Waals surface area contributed by atoms with Crippen LogP contribution in [0.3, 0.4) is 0 Å². The molecule has 1 amide bonds. The number of carbonyl (C=O) groups excluding carboxylic acids is 1. The van der Waals surface area contributed by atoms with Crippen molar-refractivity contribution in [3.05, 3.63) is 16.7 Å². The highest BCUT2D eigenvalue weighted by Gasteiger charge is 2.27. The lowest BCUT2D eigenvalue weighted by atomic mass is 9.98. The highest BCUT2D eigenvalue weighted by Crippen LogP contribution is 2.29. The molecule has 2 N–H and O–H groups in total. The van der Waals surface area contributed by atoms with Gasteiger partial charge in [0, 0.05) is 20.1 Å². The molecule has 0 spiro atoms. The highest BCUT2D eigenvalue weighted by molar-refractivity contribution is 7.22. The van der Waals surface area contributed by atoms with Gasteiger partial charge in [-0.3, -0.25) is 9.59 Å². The number of nitrogens with zero attached hydrogens (tertiary/aromatic N) is 3. The Morgan fingerprint density at radius 3 is 3.20 bits per heavy atom. The summed E-state index contributed by atoms with van der Waals surface area (Å²) in [5.41, 5.74) is 0.300. The van der Waals surface area contributed by atoms with Gasteiger partial charge in [-0.15, -0.1) is 0 Å². The maximum atomic E-state index is 11.7. The van der Waals surface area contributed by atoms with Crippen molar-refractivity contribution in [1.29, 1.82) is 0 Å². The van der Waals surface area contributed by atoms with Crippen LogP contribution in [0.15, 0.2) is 11.1 Å². The molecule has 1 fully saturated rings. The van der Waals surface area contributed by atoms with Gasteiger partial charge >= 0.3 is 0 Å². The minimum absolute atomic E-state index is 0.0213. The van der Waals surface area contributed by atoms with Crippen molar-refractivity contribution in [2.24, 2.45) is 5.92 Å². The van der Waals surface area contributed by atoms with Crippen LogP contribution in [0, 0.1) is 5.92 Å². The number of hydrogen-bond acceptors (Lipinski definition) is 6. The predicted molar refractivity (Wildman–Crippen MR) is 77.0 cm³/mol. The Bertz CT molecular complexity index is 694. The molecule has 1 atom stereocenters. The summed E-state index contributed by atoms with van der Waals surface area (Å²) in [6.07, 6.45) is 3.19. The molecular formula is C12H15N5O2S. The van der Waals surface area contributed by atoms with Crippen LogP contribution < -0.4 is 15.8 Å². The van der Waals surface area contributed by atoms with Crippen LogP contribution in [0.25, 0.3) is 10.3 Å². The molecule has 3 heterocycles. The standard InChI is InChI=1S/C12H15N5O2S/c1-13-10(18)7-3-2-4-17(5-7)12-16-9-8(20-12)11(19)15-6-14-9/h6-7H,2-5H2,1H3,(H,13,18)(H,14,15,19)/t7-/m1/s1. The number of aromatic amines is 1. The van der Waals surface area contributed by atoms with Crippen LogP contribution in [0.4, 0.5) is 5.13 Å². The number of fused-ring (bicyclic) bond motifs is 1. The average Bonchev–Trinajstić information content (AvgIpc) is 2.92. The summed E-state index contributed by atoms with van der Waals surface area (Å²) in [5, 5.41) is 3.45. The zero-order chi connectivity index (χ0) is 14.1. The number of amides is 1. The second-order valence-corrected chi connectivity index (χ2v) is 5.76. The molecule has 0 unspecified atom stereocenters. The van der Waals surface area contributed by atoms with Crippen molar-refractivity contribution in [1.82, 2.24) is 20.3 Å². The van der Waals surface area contributed by atoms with Gasteiger partial charge in [-0.2, -0.15) is 4.98 Å². The van der Waals surface area contributed by atoms with E-state index in [2.05, 4.69) is 25.2 Å². The van der Waals surface area contributed by atoms with Gasteiger partial charge in [0.15, 0.2) is 10.8 Å². The molecule has 0 radical (unpaired) electrons. The fourth-order valence-corrected chi connectivity index (χ4v) is 3.41. The lowest BCUT2D eigenvalue weighted by molar-refractivity contribution is -0.124. The summed E-state index contributed by atoms with van der Waals surface area (Å²) in [6, 6.07) is 0. The molecule has 20 heavy (non-hydrogen) atoms. The SMILES string of the molecule is CNC(=O)[C@@H]1CCCN(c2nc3nc[nH]c(=O)c3s2)C1. The molecule has 0 aromatic carbocycles. The molecule has 0 aliphatic carbocycles. The van der Waals surface area contributed by atoms with E-state index >= 15 is 0 Å². The number of piperidine rings is 1. The predicted octanol–water partition coefficient (Wildman–Crippen LogP) is 0.342. The number of rotatable bonds is 2. The van der Waals surface area contributed by atoms with Gasteiger partial charge in [0.2, 0.25) is 5.91 Å². The van der Waals surface area contributed by atoms with Crippen LogP contribution in [-0.4, -0.2) is 41.0 Å². The summed E-state index contributed by atoms with van der Waals surface area (Å²) in [5.74, 6) is 0.0405. The van der Waals surface area contributed by atoms with E-state index in [1.54, 1.807) is 7.05 Å². The van der Waals surface area contributed by atoms with Gasteiger partial charge in [0.05, 0.1) is 12.2 Å². The summed E-state index contributed by atoms with van der Waals surface area (Å²) in [7, 11) is 1.66. The van der Waals surface area contributed by atoms with Gasteiger partial charge in [0.25, 0.3) is 5.56 Å². The molecule has 7 nitrogen and oxygen atoms in total. The third-order valence-electron chi connectivity index (χ3n) is 3.50. The minimum Gasteiger partial charge on any atom is -0.359 e. The second-order valence-electron chi connectivity index (χ2n) is 4.78. The normalized spacial score (nSPS) is 19.2. The van der Waals surface area contributed by atoms with Crippen LogP contribution in [0.2, 0.25) is 0 Å². The first kappa shape index (κ1) is 13.0. The molecule has 1 saturated heterocycles. The van der Waals surface area contributed by atoms with Crippen molar-refractivity contribution >= 4 is 32.7 Å². The number of carbonyl (C=O) groups is 1. The van der Waals surface area contributed by atoms with Crippen molar-refractivity contribution in [2.75, 3.05) is 25.0 Å². The van der Waals surface area contributed by atoms with Crippen LogP contribution in [-0.2, 0) is 4.79 Å². The second kappa shape index (κ2) is 5.20. The topological polar surface area (TPSA) is 91.0 Å². The maximum Gasteiger partial charge on any atom is 0.270 e. The Morgan fingerprint density at radius 1 is 1.60 bits per heavy atom.